The lowest BCUT2D eigenvalue weighted by Crippen LogP contribution is -2.13. The number of alkyl halides is 3. The Morgan fingerprint density at radius 3 is 2.47 bits per heavy atom. The Kier molecular flexibility index (Phi) is 4.69. The molecule has 1 fully saturated rings. The summed E-state index contributed by atoms with van der Waals surface area (Å²) in [5.74, 6) is 0. The fraction of sp³-hybridized carbons (Fsp3) is 0.455. The minimum atomic E-state index is -4.38. The topological polar surface area (TPSA) is 12.0 Å². The molecule has 1 saturated heterocycles. The van der Waals surface area contributed by atoms with Crippen LogP contribution in [0.4, 0.5) is 13.2 Å². The van der Waals surface area contributed by atoms with Gasteiger partial charge < -0.3 is 5.32 Å². The molecule has 0 amide bonds. The van der Waals surface area contributed by atoms with Crippen LogP contribution in [0, 0.1) is 0 Å². The number of hydrogen-bond acceptors (Lipinski definition) is 1. The fourth-order valence-electron chi connectivity index (χ4n) is 1.95. The van der Waals surface area contributed by atoms with Crippen LogP contribution < -0.4 is 5.32 Å². The summed E-state index contributed by atoms with van der Waals surface area (Å²) >= 11 is 5.64. The van der Waals surface area contributed by atoms with Crippen molar-refractivity contribution in [2.75, 3.05) is 6.54 Å². The molecule has 6 heteroatoms. The molecule has 0 unspecified atom stereocenters. The first-order valence-corrected chi connectivity index (χ1v) is 5.46. The molecule has 0 aliphatic carbocycles. The van der Waals surface area contributed by atoms with Gasteiger partial charge >= 0.3 is 6.18 Å². The fourth-order valence-corrected chi connectivity index (χ4v) is 2.24. The van der Waals surface area contributed by atoms with Gasteiger partial charge in [0.15, 0.2) is 0 Å². The standard InChI is InChI=1S/C11H11ClF3N.ClH/c12-9-6-7(10-2-1-5-16-10)3-4-8(9)11(13,14)15;/h3-4,6,10,16H,1-2,5H2;1H/t10-;/m1./s1. The van der Waals surface area contributed by atoms with Crippen LogP contribution in [-0.2, 0) is 6.18 Å². The van der Waals surface area contributed by atoms with Crippen molar-refractivity contribution in [3.05, 3.63) is 34.3 Å². The summed E-state index contributed by atoms with van der Waals surface area (Å²) in [6, 6.07) is 4.10. The maximum absolute atomic E-state index is 12.5. The summed E-state index contributed by atoms with van der Waals surface area (Å²) < 4.78 is 37.4. The predicted octanol–water partition coefficient (Wildman–Crippen LogP) is 4.21. The lowest BCUT2D eigenvalue weighted by molar-refractivity contribution is -0.137. The van der Waals surface area contributed by atoms with Gasteiger partial charge in [0.2, 0.25) is 0 Å². The zero-order chi connectivity index (χ0) is 11.8. The van der Waals surface area contributed by atoms with Crippen LogP contribution in [0.3, 0.4) is 0 Å². The summed E-state index contributed by atoms with van der Waals surface area (Å²) in [5, 5.41) is 2.99. The molecule has 0 radical (unpaired) electrons. The largest absolute Gasteiger partial charge is 0.417 e. The van der Waals surface area contributed by atoms with Crippen molar-refractivity contribution in [2.24, 2.45) is 0 Å². The van der Waals surface area contributed by atoms with E-state index in [4.69, 9.17) is 11.6 Å². The van der Waals surface area contributed by atoms with Crippen molar-refractivity contribution in [1.82, 2.24) is 5.32 Å². The molecule has 0 aromatic heterocycles. The van der Waals surface area contributed by atoms with E-state index in [0.717, 1.165) is 31.0 Å². The Bertz CT molecular complexity index is 387. The Labute approximate surface area is 109 Å². The lowest BCUT2D eigenvalue weighted by Gasteiger charge is -2.14. The van der Waals surface area contributed by atoms with Crippen LogP contribution in [0.1, 0.15) is 30.0 Å². The van der Waals surface area contributed by atoms with Gasteiger partial charge in [-0.2, -0.15) is 13.2 Å². The second-order valence-electron chi connectivity index (χ2n) is 3.89. The molecule has 1 aliphatic rings. The summed E-state index contributed by atoms with van der Waals surface area (Å²) in [6.45, 7) is 0.906. The second-order valence-corrected chi connectivity index (χ2v) is 4.29. The van der Waals surface area contributed by atoms with E-state index in [-0.39, 0.29) is 23.5 Å². The maximum atomic E-state index is 12.5. The van der Waals surface area contributed by atoms with Gasteiger partial charge in [-0.25, -0.2) is 0 Å². The highest BCUT2D eigenvalue weighted by molar-refractivity contribution is 6.31. The highest BCUT2D eigenvalue weighted by atomic mass is 35.5. The van der Waals surface area contributed by atoms with Gasteiger partial charge in [-0.05, 0) is 37.1 Å². The first-order valence-electron chi connectivity index (χ1n) is 5.08. The van der Waals surface area contributed by atoms with E-state index in [9.17, 15) is 13.2 Å². The SMILES string of the molecule is Cl.FC(F)(F)c1ccc([C@H]2CCCN2)cc1Cl. The van der Waals surface area contributed by atoms with E-state index in [1.807, 2.05) is 0 Å². The number of benzene rings is 1. The van der Waals surface area contributed by atoms with Gasteiger partial charge in [-0.1, -0.05) is 17.7 Å². The maximum Gasteiger partial charge on any atom is 0.417 e. The van der Waals surface area contributed by atoms with Crippen LogP contribution in [0.25, 0.3) is 0 Å². The first kappa shape index (κ1) is 14.6. The Morgan fingerprint density at radius 2 is 2.00 bits per heavy atom. The van der Waals surface area contributed by atoms with E-state index in [0.29, 0.717) is 0 Å². The van der Waals surface area contributed by atoms with Gasteiger partial charge in [0, 0.05) is 6.04 Å². The molecule has 1 aromatic carbocycles. The number of hydrogen-bond donors (Lipinski definition) is 1. The Balaban J connectivity index is 0.00000144. The van der Waals surface area contributed by atoms with Crippen molar-refractivity contribution in [3.63, 3.8) is 0 Å². The molecule has 1 atom stereocenters. The zero-order valence-electron chi connectivity index (χ0n) is 8.85. The number of halogens is 5. The molecule has 1 nitrogen and oxygen atoms in total. The second kappa shape index (κ2) is 5.46. The molecule has 96 valence electrons. The van der Waals surface area contributed by atoms with E-state index in [1.54, 1.807) is 0 Å². The minimum Gasteiger partial charge on any atom is -0.310 e. The first-order chi connectivity index (χ1) is 7.48. The third-order valence-corrected chi connectivity index (χ3v) is 3.07. The molecule has 1 N–H and O–H groups in total. The lowest BCUT2D eigenvalue weighted by atomic mass is 10.0. The van der Waals surface area contributed by atoms with E-state index < -0.39 is 11.7 Å². The van der Waals surface area contributed by atoms with Crippen LogP contribution in [0.15, 0.2) is 18.2 Å². The minimum absolute atomic E-state index is 0. The van der Waals surface area contributed by atoms with Gasteiger partial charge in [0.05, 0.1) is 10.6 Å². The highest BCUT2D eigenvalue weighted by Gasteiger charge is 2.33. The summed E-state index contributed by atoms with van der Waals surface area (Å²) in [5.41, 5.74) is 0.0615. The monoisotopic (exact) mass is 285 g/mol. The van der Waals surface area contributed by atoms with E-state index in [1.165, 1.54) is 12.1 Å². The molecule has 17 heavy (non-hydrogen) atoms. The van der Waals surface area contributed by atoms with Crippen molar-refractivity contribution in [1.29, 1.82) is 0 Å². The quantitative estimate of drug-likeness (QED) is 0.815. The van der Waals surface area contributed by atoms with Gasteiger partial charge in [0.25, 0.3) is 0 Å². The smallest absolute Gasteiger partial charge is 0.310 e. The Morgan fingerprint density at radius 1 is 1.29 bits per heavy atom. The number of rotatable bonds is 1. The van der Waals surface area contributed by atoms with Crippen LogP contribution >= 0.6 is 24.0 Å². The van der Waals surface area contributed by atoms with E-state index in [2.05, 4.69) is 5.32 Å². The molecular weight excluding hydrogens is 274 g/mol. The molecule has 1 heterocycles. The van der Waals surface area contributed by atoms with Crippen molar-refractivity contribution >= 4 is 24.0 Å². The Hall–Kier alpha value is -0.450. The molecular formula is C11H12Cl2F3N. The van der Waals surface area contributed by atoms with Crippen molar-refractivity contribution in [2.45, 2.75) is 25.1 Å². The van der Waals surface area contributed by atoms with E-state index >= 15 is 0 Å². The predicted molar refractivity (Wildman–Crippen MR) is 63.7 cm³/mol. The van der Waals surface area contributed by atoms with Crippen LogP contribution in [-0.4, -0.2) is 6.54 Å². The van der Waals surface area contributed by atoms with Gasteiger partial charge in [0.1, 0.15) is 0 Å². The summed E-state index contributed by atoms with van der Waals surface area (Å²) in [7, 11) is 0. The van der Waals surface area contributed by atoms with Crippen molar-refractivity contribution in [3.8, 4) is 0 Å². The summed E-state index contributed by atoms with van der Waals surface area (Å²) in [4.78, 5) is 0. The zero-order valence-corrected chi connectivity index (χ0v) is 10.4. The highest BCUT2D eigenvalue weighted by Crippen LogP contribution is 2.36. The average Bonchev–Trinajstić information content (AvgIpc) is 2.68. The summed E-state index contributed by atoms with van der Waals surface area (Å²) in [6.07, 6.45) is -2.39. The van der Waals surface area contributed by atoms with Crippen molar-refractivity contribution < 1.29 is 13.2 Å². The average molecular weight is 286 g/mol. The third kappa shape index (κ3) is 3.27. The molecule has 1 aromatic rings. The van der Waals surface area contributed by atoms with Crippen LogP contribution in [0.2, 0.25) is 5.02 Å². The van der Waals surface area contributed by atoms with Crippen LogP contribution in [0.5, 0.6) is 0 Å². The van der Waals surface area contributed by atoms with Gasteiger partial charge in [-0.3, -0.25) is 0 Å². The molecule has 2 rings (SSSR count). The normalized spacial score (nSPS) is 20.1. The molecule has 1 aliphatic heterocycles. The molecule has 0 saturated carbocycles. The molecule has 0 bridgehead atoms. The third-order valence-electron chi connectivity index (χ3n) is 2.76. The van der Waals surface area contributed by atoms with Gasteiger partial charge in [-0.15, -0.1) is 12.4 Å². The molecule has 0 spiro atoms. The number of nitrogens with one attached hydrogen (secondary N) is 1.